The summed E-state index contributed by atoms with van der Waals surface area (Å²) in [5.74, 6) is -0.0643. The van der Waals surface area contributed by atoms with Crippen molar-refractivity contribution in [1.29, 1.82) is 0 Å². The van der Waals surface area contributed by atoms with Gasteiger partial charge in [0, 0.05) is 18.3 Å². The normalized spacial score (nSPS) is 12.4. The number of nitrogens with one attached hydrogen (secondary N) is 3. The summed E-state index contributed by atoms with van der Waals surface area (Å²) < 4.78 is 0. The molecule has 1 atom stereocenters. The van der Waals surface area contributed by atoms with E-state index < -0.39 is 0 Å². The number of rotatable bonds is 5. The van der Waals surface area contributed by atoms with Gasteiger partial charge in [-0.2, -0.15) is 0 Å². The van der Waals surface area contributed by atoms with Gasteiger partial charge in [0.2, 0.25) is 11.8 Å². The SMILES string of the molecule is CNC(=O)Cc1ccc(NC(C)C(=O)NC(C)(C)C)cc1. The zero-order chi connectivity index (χ0) is 16.0. The minimum absolute atomic E-state index is 0.0198. The second-order valence-electron chi connectivity index (χ2n) is 6.15. The Hall–Kier alpha value is -2.04. The van der Waals surface area contributed by atoms with Crippen molar-refractivity contribution in [3.63, 3.8) is 0 Å². The lowest BCUT2D eigenvalue weighted by Gasteiger charge is -2.24. The first kappa shape index (κ1) is 17.0. The molecule has 0 aromatic heterocycles. The highest BCUT2D eigenvalue weighted by atomic mass is 16.2. The van der Waals surface area contributed by atoms with E-state index >= 15 is 0 Å². The molecule has 116 valence electrons. The number of hydrogen-bond acceptors (Lipinski definition) is 3. The number of carbonyl (C=O) groups excluding carboxylic acids is 2. The Morgan fingerprint density at radius 1 is 1.14 bits per heavy atom. The standard InChI is InChI=1S/C16H25N3O2/c1-11(15(21)19-16(2,3)4)18-13-8-6-12(7-9-13)10-14(20)17-5/h6-9,11,18H,10H2,1-5H3,(H,17,20)(H,19,21). The first-order valence-electron chi connectivity index (χ1n) is 7.09. The molecular formula is C16H25N3O2. The summed E-state index contributed by atoms with van der Waals surface area (Å²) in [6, 6.07) is 7.19. The number of amides is 2. The third-order valence-corrected chi connectivity index (χ3v) is 2.87. The van der Waals surface area contributed by atoms with Crippen molar-refractivity contribution in [2.24, 2.45) is 0 Å². The molecule has 0 aliphatic rings. The first-order valence-corrected chi connectivity index (χ1v) is 7.09. The minimum atomic E-state index is -0.325. The molecule has 3 N–H and O–H groups in total. The zero-order valence-corrected chi connectivity index (χ0v) is 13.4. The van der Waals surface area contributed by atoms with Crippen molar-refractivity contribution in [1.82, 2.24) is 10.6 Å². The number of likely N-dealkylation sites (N-methyl/N-ethyl adjacent to an activating group) is 1. The average molecular weight is 291 g/mol. The second kappa shape index (κ2) is 7.11. The molecule has 21 heavy (non-hydrogen) atoms. The molecule has 1 aromatic carbocycles. The topological polar surface area (TPSA) is 70.2 Å². The summed E-state index contributed by atoms with van der Waals surface area (Å²) in [7, 11) is 1.62. The maximum absolute atomic E-state index is 12.0. The molecule has 0 aliphatic heterocycles. The Morgan fingerprint density at radius 2 is 1.71 bits per heavy atom. The molecular weight excluding hydrogens is 266 g/mol. The lowest BCUT2D eigenvalue weighted by Crippen LogP contribution is -2.47. The maximum Gasteiger partial charge on any atom is 0.242 e. The number of hydrogen-bond donors (Lipinski definition) is 3. The average Bonchev–Trinajstić information content (AvgIpc) is 2.38. The number of carbonyl (C=O) groups is 2. The van der Waals surface area contributed by atoms with Crippen molar-refractivity contribution in [2.75, 3.05) is 12.4 Å². The van der Waals surface area contributed by atoms with Crippen LogP contribution >= 0.6 is 0 Å². The summed E-state index contributed by atoms with van der Waals surface area (Å²) in [5.41, 5.74) is 1.55. The van der Waals surface area contributed by atoms with Crippen LogP contribution in [0.2, 0.25) is 0 Å². The fourth-order valence-corrected chi connectivity index (χ4v) is 1.79. The molecule has 5 heteroatoms. The molecule has 5 nitrogen and oxygen atoms in total. The van der Waals surface area contributed by atoms with Crippen LogP contribution in [0.4, 0.5) is 5.69 Å². The molecule has 0 saturated carbocycles. The highest BCUT2D eigenvalue weighted by molar-refractivity contribution is 5.84. The second-order valence-corrected chi connectivity index (χ2v) is 6.15. The van der Waals surface area contributed by atoms with Gasteiger partial charge in [-0.25, -0.2) is 0 Å². The van der Waals surface area contributed by atoms with Crippen molar-refractivity contribution >= 4 is 17.5 Å². The van der Waals surface area contributed by atoms with Crippen LogP contribution in [0, 0.1) is 0 Å². The van der Waals surface area contributed by atoms with Crippen LogP contribution in [0.25, 0.3) is 0 Å². The largest absolute Gasteiger partial charge is 0.374 e. The van der Waals surface area contributed by atoms with Gasteiger partial charge >= 0.3 is 0 Å². The van der Waals surface area contributed by atoms with E-state index in [2.05, 4.69) is 16.0 Å². The number of benzene rings is 1. The van der Waals surface area contributed by atoms with Crippen LogP contribution in [0.15, 0.2) is 24.3 Å². The van der Waals surface area contributed by atoms with E-state index in [1.54, 1.807) is 7.05 Å². The van der Waals surface area contributed by atoms with Gasteiger partial charge in [-0.1, -0.05) is 12.1 Å². The Balaban J connectivity index is 2.59. The molecule has 0 saturated heterocycles. The highest BCUT2D eigenvalue weighted by Crippen LogP contribution is 2.12. The predicted molar refractivity (Wildman–Crippen MR) is 85.2 cm³/mol. The smallest absolute Gasteiger partial charge is 0.242 e. The Kier molecular flexibility index (Phi) is 5.76. The molecule has 1 aromatic rings. The molecule has 0 heterocycles. The predicted octanol–water partition coefficient (Wildman–Crippen LogP) is 1.69. The fourth-order valence-electron chi connectivity index (χ4n) is 1.79. The maximum atomic E-state index is 12.0. The fraction of sp³-hybridized carbons (Fsp3) is 0.500. The summed E-state index contributed by atoms with van der Waals surface area (Å²) in [5, 5.41) is 8.67. The van der Waals surface area contributed by atoms with Gasteiger partial charge in [0.15, 0.2) is 0 Å². The van der Waals surface area contributed by atoms with Gasteiger partial charge in [0.05, 0.1) is 6.42 Å². The van der Waals surface area contributed by atoms with Gasteiger partial charge in [0.25, 0.3) is 0 Å². The summed E-state index contributed by atoms with van der Waals surface area (Å²) >= 11 is 0. The van der Waals surface area contributed by atoms with E-state index in [9.17, 15) is 9.59 Å². The van der Waals surface area contributed by atoms with Gasteiger partial charge in [-0.3, -0.25) is 9.59 Å². The lowest BCUT2D eigenvalue weighted by molar-refractivity contribution is -0.123. The molecule has 0 aliphatic carbocycles. The molecule has 2 amide bonds. The van der Waals surface area contributed by atoms with Crippen molar-refractivity contribution in [2.45, 2.75) is 45.7 Å². The molecule has 0 radical (unpaired) electrons. The van der Waals surface area contributed by atoms with E-state index in [0.717, 1.165) is 11.3 Å². The summed E-state index contributed by atoms with van der Waals surface area (Å²) in [6.07, 6.45) is 0.358. The molecule has 0 fully saturated rings. The van der Waals surface area contributed by atoms with Crippen LogP contribution < -0.4 is 16.0 Å². The minimum Gasteiger partial charge on any atom is -0.374 e. The molecule has 1 rings (SSSR count). The highest BCUT2D eigenvalue weighted by Gasteiger charge is 2.18. The molecule has 1 unspecified atom stereocenters. The Labute approximate surface area is 126 Å². The van der Waals surface area contributed by atoms with Gasteiger partial charge in [-0.05, 0) is 45.4 Å². The van der Waals surface area contributed by atoms with E-state index in [-0.39, 0.29) is 23.4 Å². The first-order chi connectivity index (χ1) is 9.71. The summed E-state index contributed by atoms with van der Waals surface area (Å²) in [6.45, 7) is 7.67. The van der Waals surface area contributed by atoms with Crippen LogP contribution in [-0.4, -0.2) is 30.4 Å². The van der Waals surface area contributed by atoms with Crippen LogP contribution in [0.3, 0.4) is 0 Å². The Morgan fingerprint density at radius 3 is 2.19 bits per heavy atom. The Bertz CT molecular complexity index is 489. The van der Waals surface area contributed by atoms with Crippen LogP contribution in [-0.2, 0) is 16.0 Å². The van der Waals surface area contributed by atoms with Crippen LogP contribution in [0.1, 0.15) is 33.3 Å². The van der Waals surface area contributed by atoms with E-state index in [4.69, 9.17) is 0 Å². The van der Waals surface area contributed by atoms with Gasteiger partial charge in [-0.15, -0.1) is 0 Å². The zero-order valence-electron chi connectivity index (χ0n) is 13.4. The van der Waals surface area contributed by atoms with Crippen molar-refractivity contribution < 1.29 is 9.59 Å². The van der Waals surface area contributed by atoms with E-state index in [1.165, 1.54) is 0 Å². The van der Waals surface area contributed by atoms with Gasteiger partial charge < -0.3 is 16.0 Å². The third kappa shape index (κ3) is 6.29. The quantitative estimate of drug-likeness (QED) is 0.773. The van der Waals surface area contributed by atoms with Crippen molar-refractivity contribution in [3.8, 4) is 0 Å². The van der Waals surface area contributed by atoms with E-state index in [0.29, 0.717) is 6.42 Å². The van der Waals surface area contributed by atoms with E-state index in [1.807, 2.05) is 52.0 Å². The van der Waals surface area contributed by atoms with Crippen LogP contribution in [0.5, 0.6) is 0 Å². The molecule has 0 spiro atoms. The van der Waals surface area contributed by atoms with Crippen molar-refractivity contribution in [3.05, 3.63) is 29.8 Å². The lowest BCUT2D eigenvalue weighted by atomic mass is 10.1. The monoisotopic (exact) mass is 291 g/mol. The number of anilines is 1. The van der Waals surface area contributed by atoms with Gasteiger partial charge in [0.1, 0.15) is 6.04 Å². The third-order valence-electron chi connectivity index (χ3n) is 2.87. The molecule has 0 bridgehead atoms. The summed E-state index contributed by atoms with van der Waals surface area (Å²) in [4.78, 5) is 23.3.